The molecule has 3 aliphatic rings. The second kappa shape index (κ2) is 11.5. The van der Waals surface area contributed by atoms with Crippen molar-refractivity contribution in [1.82, 2.24) is 4.90 Å². The Morgan fingerprint density at radius 1 is 1.19 bits per heavy atom. The summed E-state index contributed by atoms with van der Waals surface area (Å²) in [5.41, 5.74) is 0.679. The largest absolute Gasteiger partial charge is 0.394 e. The van der Waals surface area contributed by atoms with Crippen molar-refractivity contribution in [3.8, 4) is 0 Å². The van der Waals surface area contributed by atoms with E-state index in [4.69, 9.17) is 4.74 Å². The van der Waals surface area contributed by atoms with Crippen LogP contribution in [-0.4, -0.2) is 72.6 Å². The molecule has 6 atom stereocenters. The number of anilines is 2. The van der Waals surface area contributed by atoms with E-state index >= 15 is 4.11 Å². The predicted octanol–water partition coefficient (Wildman–Crippen LogP) is 3.70. The Kier molecular flexibility index (Phi) is 8.32. The van der Waals surface area contributed by atoms with Gasteiger partial charge in [0, 0.05) is 29.3 Å². The van der Waals surface area contributed by atoms with E-state index in [0.29, 0.717) is 23.5 Å². The minimum absolute atomic E-state index is 0.0390. The van der Waals surface area contributed by atoms with Crippen molar-refractivity contribution in [3.63, 3.8) is 0 Å². The summed E-state index contributed by atoms with van der Waals surface area (Å²) in [6, 6.07) is 14.2. The van der Waals surface area contributed by atoms with E-state index in [9.17, 15) is 24.6 Å². The van der Waals surface area contributed by atoms with E-state index in [1.54, 1.807) is 47.2 Å². The number of benzene rings is 2. The number of hydrogen-bond donors (Lipinski definition) is 3. The number of fused-ring (bicyclic) bond motifs is 2. The fraction of sp³-hybridized carbons (Fsp3) is 0.516. The molecule has 3 amide bonds. The van der Waals surface area contributed by atoms with Gasteiger partial charge in [0.2, 0.25) is 14.3 Å². The minimum Gasteiger partial charge on any atom is -0.394 e. The topological polar surface area (TPSA) is 119 Å². The van der Waals surface area contributed by atoms with Gasteiger partial charge in [0.05, 0.1) is 37.4 Å². The van der Waals surface area contributed by atoms with Crippen LogP contribution in [0.15, 0.2) is 48.5 Å². The zero-order valence-electron chi connectivity index (χ0n) is 24.5. The van der Waals surface area contributed by atoms with Crippen LogP contribution in [-0.2, 0) is 31.3 Å². The summed E-state index contributed by atoms with van der Waals surface area (Å²) in [5.74, 6) is -1.48. The lowest BCUT2D eigenvalue weighted by Gasteiger charge is -2.31. The van der Waals surface area contributed by atoms with Crippen molar-refractivity contribution in [2.45, 2.75) is 82.1 Å². The lowest BCUT2D eigenvalue weighted by Crippen LogP contribution is -2.45. The van der Waals surface area contributed by atoms with Crippen LogP contribution < -0.4 is 10.2 Å². The molecule has 0 aliphatic carbocycles. The Bertz CT molecular complexity index is 1350. The van der Waals surface area contributed by atoms with E-state index in [1.165, 1.54) is 6.92 Å². The molecule has 2 fully saturated rings. The maximum Gasteiger partial charge on any atom is 0.264 e. The van der Waals surface area contributed by atoms with E-state index in [-0.39, 0.29) is 37.4 Å². The second-order valence-electron chi connectivity index (χ2n) is 12.3. The highest BCUT2D eigenvalue weighted by Gasteiger charge is 2.67. The van der Waals surface area contributed by atoms with Crippen molar-refractivity contribution in [2.24, 2.45) is 5.92 Å². The summed E-state index contributed by atoms with van der Waals surface area (Å²) in [6.07, 6.45) is -0.407. The number of aliphatic hydroxyl groups is 2. The molecule has 0 unspecified atom stereocenters. The van der Waals surface area contributed by atoms with Gasteiger partial charge >= 0.3 is 0 Å². The van der Waals surface area contributed by atoms with Gasteiger partial charge in [-0.15, -0.1) is 0 Å². The molecule has 3 N–H and O–H groups in total. The van der Waals surface area contributed by atoms with Gasteiger partial charge in [-0.3, -0.25) is 14.4 Å². The third-order valence-electron chi connectivity index (χ3n) is 9.09. The molecule has 0 saturated carbocycles. The predicted molar refractivity (Wildman–Crippen MR) is 159 cm³/mol. The smallest absolute Gasteiger partial charge is 0.264 e. The Hall–Kier alpha value is -3.12. The SMILES string of the molecule is C[C@H](O)C(=O)Nc1ccc(CN2C(=O)[C@@]3(O[C@@H](CC(=O)N4CCC[C@H]4CO)[C@H]([Si](C)(C)F)[C@H]3C)c3ccccc32)cc1. The first-order chi connectivity index (χ1) is 19.9. The molecule has 1 spiro atoms. The number of aliphatic hydroxyl groups excluding tert-OH is 2. The zero-order valence-corrected chi connectivity index (χ0v) is 25.5. The Balaban J connectivity index is 1.44. The summed E-state index contributed by atoms with van der Waals surface area (Å²) >= 11 is 0. The second-order valence-corrected chi connectivity index (χ2v) is 16.1. The molecule has 2 aromatic carbocycles. The molecule has 0 aromatic heterocycles. The number of nitrogens with zero attached hydrogens (tertiary/aromatic N) is 2. The Morgan fingerprint density at radius 3 is 2.52 bits per heavy atom. The van der Waals surface area contributed by atoms with Gasteiger partial charge in [-0.05, 0) is 56.6 Å². The van der Waals surface area contributed by atoms with Crippen LogP contribution in [0.5, 0.6) is 0 Å². The molecule has 9 nitrogen and oxygen atoms in total. The average Bonchev–Trinajstić information content (AvgIpc) is 3.60. The zero-order chi connectivity index (χ0) is 30.4. The van der Waals surface area contributed by atoms with Gasteiger partial charge < -0.3 is 34.2 Å². The van der Waals surface area contributed by atoms with E-state index in [2.05, 4.69) is 5.32 Å². The number of rotatable bonds is 8. The number of likely N-dealkylation sites (tertiary alicyclic amines) is 1. The van der Waals surface area contributed by atoms with Crippen LogP contribution in [0, 0.1) is 5.92 Å². The number of amides is 3. The average molecular weight is 598 g/mol. The summed E-state index contributed by atoms with van der Waals surface area (Å²) in [6.45, 7) is 7.15. The summed E-state index contributed by atoms with van der Waals surface area (Å²) in [5, 5.41) is 21.8. The number of ether oxygens (including phenoxy) is 1. The highest BCUT2D eigenvalue weighted by Crippen LogP contribution is 2.60. The molecule has 0 bridgehead atoms. The van der Waals surface area contributed by atoms with Gasteiger partial charge in [0.15, 0.2) is 5.60 Å². The van der Waals surface area contributed by atoms with Crippen LogP contribution in [0.1, 0.15) is 44.2 Å². The number of hydrogen-bond acceptors (Lipinski definition) is 6. The van der Waals surface area contributed by atoms with Gasteiger partial charge in [0.1, 0.15) is 6.10 Å². The first-order valence-corrected chi connectivity index (χ1v) is 17.6. The fourth-order valence-corrected chi connectivity index (χ4v) is 9.62. The van der Waals surface area contributed by atoms with E-state index in [0.717, 1.165) is 18.4 Å². The maximum atomic E-state index is 16.1. The number of para-hydroxylation sites is 1. The third kappa shape index (κ3) is 5.27. The molecule has 11 heteroatoms. The summed E-state index contributed by atoms with van der Waals surface area (Å²) in [4.78, 5) is 43.0. The number of nitrogens with one attached hydrogen (secondary N) is 1. The first kappa shape index (κ1) is 30.3. The normalized spacial score (nSPS) is 27.9. The third-order valence-corrected chi connectivity index (χ3v) is 11.6. The van der Waals surface area contributed by atoms with Gasteiger partial charge in [-0.2, -0.15) is 0 Å². The van der Waals surface area contributed by atoms with Gasteiger partial charge in [0.25, 0.3) is 11.8 Å². The summed E-state index contributed by atoms with van der Waals surface area (Å²) in [7, 11) is -3.42. The molecule has 3 heterocycles. The molecule has 5 rings (SSSR count). The van der Waals surface area contributed by atoms with Crippen LogP contribution in [0.4, 0.5) is 15.5 Å². The fourth-order valence-electron chi connectivity index (χ4n) is 7.12. The lowest BCUT2D eigenvalue weighted by molar-refractivity contribution is -0.150. The maximum absolute atomic E-state index is 16.1. The van der Waals surface area contributed by atoms with Crippen LogP contribution in [0.2, 0.25) is 18.6 Å². The van der Waals surface area contributed by atoms with Crippen molar-refractivity contribution >= 4 is 37.5 Å². The Labute approximate surface area is 246 Å². The van der Waals surface area contributed by atoms with Crippen molar-refractivity contribution in [1.29, 1.82) is 0 Å². The standard InChI is InChI=1S/C31H40FN3O6Si/c1-19-28(42(3,4)32)26(16-27(38)34-15-7-8-23(34)18-36)41-31(19)24-9-5-6-10-25(24)35(30(31)40)17-21-11-13-22(14-12-21)33-29(39)20(2)37/h5-6,9-14,19-20,23,26,28,36-37H,7-8,15-18H2,1-4H3,(H,33,39)/t19-,20+,23+,26+,28-,31+/m1/s1. The minimum atomic E-state index is -3.42. The van der Waals surface area contributed by atoms with E-state index in [1.807, 2.05) is 31.2 Å². The molecule has 0 radical (unpaired) electrons. The van der Waals surface area contributed by atoms with E-state index < -0.39 is 43.6 Å². The van der Waals surface area contributed by atoms with Crippen LogP contribution in [0.3, 0.4) is 0 Å². The van der Waals surface area contributed by atoms with Gasteiger partial charge in [-0.1, -0.05) is 37.3 Å². The highest BCUT2D eigenvalue weighted by atomic mass is 28.4. The highest BCUT2D eigenvalue weighted by molar-refractivity contribution is 6.72. The summed E-state index contributed by atoms with van der Waals surface area (Å²) < 4.78 is 22.7. The van der Waals surface area contributed by atoms with Crippen molar-refractivity contribution in [2.75, 3.05) is 23.4 Å². The molecular formula is C31H40FN3O6Si. The number of carbonyl (C=O) groups is 3. The lowest BCUT2D eigenvalue weighted by atomic mass is 9.82. The van der Waals surface area contributed by atoms with Gasteiger partial charge in [-0.25, -0.2) is 0 Å². The van der Waals surface area contributed by atoms with Crippen LogP contribution >= 0.6 is 0 Å². The monoisotopic (exact) mass is 597 g/mol. The number of halogens is 1. The van der Waals surface area contributed by atoms with Crippen LogP contribution in [0.25, 0.3) is 0 Å². The molecule has 226 valence electrons. The molecule has 2 saturated heterocycles. The Morgan fingerprint density at radius 2 is 1.88 bits per heavy atom. The quantitative estimate of drug-likeness (QED) is 0.316. The molecule has 3 aliphatic heterocycles. The van der Waals surface area contributed by atoms with Crippen molar-refractivity contribution in [3.05, 3.63) is 59.7 Å². The number of carbonyl (C=O) groups excluding carboxylic acids is 3. The first-order valence-electron chi connectivity index (χ1n) is 14.6. The molecule has 2 aromatic rings. The van der Waals surface area contributed by atoms with Crippen molar-refractivity contribution < 1.29 is 33.4 Å². The molecular weight excluding hydrogens is 557 g/mol. The molecule has 42 heavy (non-hydrogen) atoms.